The average Bonchev–Trinajstić information content (AvgIpc) is 3.14. The molecule has 1 amide bonds. The number of nitrogens with zero attached hydrogens (tertiary/aromatic N) is 5. The molecular weight excluding hydrogens is 454 g/mol. The van der Waals surface area contributed by atoms with Crippen molar-refractivity contribution in [2.75, 3.05) is 18.4 Å². The van der Waals surface area contributed by atoms with Crippen molar-refractivity contribution in [2.24, 2.45) is 11.3 Å². The van der Waals surface area contributed by atoms with Crippen LogP contribution in [0.3, 0.4) is 0 Å². The lowest BCUT2D eigenvalue weighted by Gasteiger charge is -2.48. The summed E-state index contributed by atoms with van der Waals surface area (Å²) in [6, 6.07) is -0.0522. The van der Waals surface area contributed by atoms with Crippen molar-refractivity contribution in [1.29, 1.82) is 0 Å². The maximum atomic E-state index is 14.4. The van der Waals surface area contributed by atoms with E-state index in [1.165, 1.54) is 17.2 Å². The van der Waals surface area contributed by atoms with Crippen molar-refractivity contribution < 1.29 is 22.4 Å². The fourth-order valence-corrected chi connectivity index (χ4v) is 5.74. The molecule has 8 nitrogen and oxygen atoms in total. The lowest BCUT2D eigenvalue weighted by Crippen LogP contribution is -2.60. The third kappa shape index (κ3) is 3.11. The van der Waals surface area contributed by atoms with Crippen molar-refractivity contribution in [2.45, 2.75) is 38.0 Å². The lowest BCUT2D eigenvalue weighted by atomic mass is 9.71. The van der Waals surface area contributed by atoms with Crippen molar-refractivity contribution >= 4 is 17.5 Å². The molecule has 2 saturated carbocycles. The number of carbonyl (C=O) groups is 1. The van der Waals surface area contributed by atoms with Gasteiger partial charge in [-0.05, 0) is 43.2 Å². The van der Waals surface area contributed by atoms with Crippen molar-refractivity contribution in [3.63, 3.8) is 0 Å². The van der Waals surface area contributed by atoms with E-state index in [1.807, 2.05) is 13.0 Å². The Hall–Kier alpha value is -3.44. The summed E-state index contributed by atoms with van der Waals surface area (Å²) in [5.74, 6) is -0.612. The van der Waals surface area contributed by atoms with E-state index in [9.17, 15) is 22.4 Å². The molecule has 6 rings (SSSR count). The third-order valence-electron chi connectivity index (χ3n) is 7.38. The van der Waals surface area contributed by atoms with Gasteiger partial charge >= 0.3 is 6.18 Å². The molecule has 2 aliphatic heterocycles. The third-order valence-corrected chi connectivity index (χ3v) is 7.38. The number of hydrogen-bond donors (Lipinski definition) is 2. The van der Waals surface area contributed by atoms with Crippen LogP contribution in [0.1, 0.15) is 25.3 Å². The Morgan fingerprint density at radius 3 is 2.74 bits per heavy atom. The van der Waals surface area contributed by atoms with Crippen LogP contribution in [0.15, 0.2) is 41.9 Å². The van der Waals surface area contributed by atoms with E-state index < -0.39 is 17.6 Å². The number of hydrogen-bond acceptors (Lipinski definition) is 6. The maximum absolute atomic E-state index is 14.4. The van der Waals surface area contributed by atoms with Crippen LogP contribution in [0.5, 0.6) is 0 Å². The Morgan fingerprint density at radius 1 is 1.26 bits per heavy atom. The molecule has 1 saturated heterocycles. The number of dihydropyridines is 1. The van der Waals surface area contributed by atoms with Gasteiger partial charge in [-0.3, -0.25) is 4.79 Å². The highest BCUT2D eigenvalue weighted by atomic mass is 19.4. The minimum Gasteiger partial charge on any atom is -0.364 e. The standard InChI is InChI=1S/C22H21F4N7O/c1-11-4-14(19(28-8-11)33-29-2-3-30-33)20(34)32-10-13-6-21(13)7-16(17(21)32)31-18-15(23)5-12(9-27-18)22(24,25)26/h2-5,9,13,16-17,28H,6-8,10H2,1H3,(H,27,31). The molecule has 4 heterocycles. The lowest BCUT2D eigenvalue weighted by molar-refractivity contribution is -0.138. The summed E-state index contributed by atoms with van der Waals surface area (Å²) in [4.78, 5) is 20.5. The number of amides is 1. The zero-order valence-corrected chi connectivity index (χ0v) is 18.1. The van der Waals surface area contributed by atoms with E-state index >= 15 is 0 Å². The van der Waals surface area contributed by atoms with E-state index in [2.05, 4.69) is 25.8 Å². The van der Waals surface area contributed by atoms with Gasteiger partial charge in [-0.25, -0.2) is 9.37 Å². The molecule has 4 aliphatic rings. The van der Waals surface area contributed by atoms with Gasteiger partial charge in [0.2, 0.25) is 0 Å². The number of alkyl halides is 3. The Kier molecular flexibility index (Phi) is 4.37. The predicted molar refractivity (Wildman–Crippen MR) is 112 cm³/mol. The van der Waals surface area contributed by atoms with Crippen LogP contribution in [-0.2, 0) is 11.0 Å². The SMILES string of the molecule is CC1=CC(C(=O)N2CC3CC34CC(Nc3ncc(C(F)(F)F)cc3F)C24)=C(n2nccn2)NC1. The summed E-state index contributed by atoms with van der Waals surface area (Å²) in [7, 11) is 0. The topological polar surface area (TPSA) is 88.0 Å². The number of carbonyl (C=O) groups excluding carboxylic acids is 1. The molecule has 2 aliphatic carbocycles. The molecule has 0 aromatic carbocycles. The van der Waals surface area contributed by atoms with Crippen molar-refractivity contribution in [3.05, 3.63) is 53.3 Å². The Balaban J connectivity index is 1.27. The molecule has 0 radical (unpaired) electrons. The molecule has 34 heavy (non-hydrogen) atoms. The van der Waals surface area contributed by atoms with E-state index in [0.29, 0.717) is 49.1 Å². The molecule has 2 aromatic rings. The Morgan fingerprint density at radius 2 is 2.03 bits per heavy atom. The van der Waals surface area contributed by atoms with Gasteiger partial charge in [0, 0.05) is 25.3 Å². The molecule has 12 heteroatoms. The maximum Gasteiger partial charge on any atom is 0.417 e. The van der Waals surface area contributed by atoms with Gasteiger partial charge in [-0.1, -0.05) is 5.57 Å². The number of nitrogens with one attached hydrogen (secondary N) is 2. The van der Waals surface area contributed by atoms with Gasteiger partial charge in [-0.15, -0.1) is 4.80 Å². The van der Waals surface area contributed by atoms with Crippen LogP contribution in [0, 0.1) is 17.2 Å². The van der Waals surface area contributed by atoms with Gasteiger partial charge in [0.05, 0.1) is 29.6 Å². The summed E-state index contributed by atoms with van der Waals surface area (Å²) in [5, 5.41) is 14.4. The molecule has 1 spiro atoms. The first-order valence-corrected chi connectivity index (χ1v) is 11.0. The fraction of sp³-hybridized carbons (Fsp3) is 0.455. The summed E-state index contributed by atoms with van der Waals surface area (Å²) in [6.45, 7) is 3.07. The average molecular weight is 475 g/mol. The molecule has 0 bridgehead atoms. The fourth-order valence-electron chi connectivity index (χ4n) is 5.74. The molecular formula is C22H21F4N7O. The summed E-state index contributed by atoms with van der Waals surface area (Å²) in [6.07, 6.45) is 2.53. The number of anilines is 1. The Bertz CT molecular complexity index is 1240. The molecule has 3 fully saturated rings. The minimum atomic E-state index is -4.67. The number of piperidine rings is 1. The van der Waals surface area contributed by atoms with Crippen molar-refractivity contribution in [1.82, 2.24) is 30.2 Å². The number of pyridine rings is 1. The summed E-state index contributed by atoms with van der Waals surface area (Å²) in [5.41, 5.74) is 0.277. The second-order valence-corrected chi connectivity index (χ2v) is 9.47. The van der Waals surface area contributed by atoms with Crippen molar-refractivity contribution in [3.8, 4) is 0 Å². The van der Waals surface area contributed by atoms with Gasteiger partial charge in [0.1, 0.15) is 0 Å². The molecule has 2 N–H and O–H groups in total. The minimum absolute atomic E-state index is 0.0127. The molecule has 178 valence electrons. The van der Waals surface area contributed by atoms with E-state index in [0.717, 1.165) is 12.0 Å². The molecule has 4 atom stereocenters. The predicted octanol–water partition coefficient (Wildman–Crippen LogP) is 2.65. The smallest absolute Gasteiger partial charge is 0.364 e. The van der Waals surface area contributed by atoms with Crippen LogP contribution in [0.4, 0.5) is 23.4 Å². The van der Waals surface area contributed by atoms with Gasteiger partial charge in [0.25, 0.3) is 5.91 Å². The first kappa shape index (κ1) is 21.1. The Labute approximate surface area is 191 Å². The van der Waals surface area contributed by atoms with E-state index in [-0.39, 0.29) is 29.2 Å². The van der Waals surface area contributed by atoms with Crippen LogP contribution < -0.4 is 10.6 Å². The first-order chi connectivity index (χ1) is 16.2. The summed E-state index contributed by atoms with van der Waals surface area (Å²) < 4.78 is 53.0. The number of halogens is 4. The van der Waals surface area contributed by atoms with E-state index in [4.69, 9.17) is 0 Å². The van der Waals surface area contributed by atoms with Crippen LogP contribution in [-0.4, -0.2) is 56.0 Å². The number of aromatic nitrogens is 4. The second-order valence-electron chi connectivity index (χ2n) is 9.47. The molecule has 2 aromatic heterocycles. The highest BCUT2D eigenvalue weighted by Gasteiger charge is 2.75. The highest BCUT2D eigenvalue weighted by Crippen LogP contribution is 2.71. The first-order valence-electron chi connectivity index (χ1n) is 11.0. The number of likely N-dealkylation sites (tertiary alicyclic amines) is 1. The monoisotopic (exact) mass is 475 g/mol. The highest BCUT2D eigenvalue weighted by molar-refractivity contribution is 6.02. The zero-order valence-electron chi connectivity index (χ0n) is 18.1. The summed E-state index contributed by atoms with van der Waals surface area (Å²) >= 11 is 0. The van der Waals surface area contributed by atoms with E-state index in [1.54, 1.807) is 4.90 Å². The van der Waals surface area contributed by atoms with Crippen LogP contribution >= 0.6 is 0 Å². The van der Waals surface area contributed by atoms with Gasteiger partial charge < -0.3 is 15.5 Å². The number of rotatable bonds is 4. The quantitative estimate of drug-likeness (QED) is 0.662. The normalized spacial score (nSPS) is 29.6. The molecule has 4 unspecified atom stereocenters. The van der Waals surface area contributed by atoms with Crippen LogP contribution in [0.25, 0.3) is 5.82 Å². The largest absolute Gasteiger partial charge is 0.417 e. The van der Waals surface area contributed by atoms with Crippen LogP contribution in [0.2, 0.25) is 0 Å². The second kappa shape index (κ2) is 7.03. The van der Waals surface area contributed by atoms with Gasteiger partial charge in [-0.2, -0.15) is 23.4 Å². The zero-order chi connectivity index (χ0) is 23.8. The van der Waals surface area contributed by atoms with Gasteiger partial charge in [0.15, 0.2) is 17.5 Å².